The van der Waals surface area contributed by atoms with E-state index >= 15 is 0 Å². The lowest BCUT2D eigenvalue weighted by molar-refractivity contribution is -0.119. The summed E-state index contributed by atoms with van der Waals surface area (Å²) in [7, 11) is 0. The second kappa shape index (κ2) is 9.72. The Kier molecular flexibility index (Phi) is 6.17. The van der Waals surface area contributed by atoms with Crippen molar-refractivity contribution in [2.24, 2.45) is 0 Å². The van der Waals surface area contributed by atoms with Gasteiger partial charge in [-0.25, -0.2) is 0 Å². The van der Waals surface area contributed by atoms with Gasteiger partial charge < -0.3 is 5.32 Å². The van der Waals surface area contributed by atoms with E-state index in [1.165, 1.54) is 0 Å². The lowest BCUT2D eigenvalue weighted by Gasteiger charge is -2.21. The molecule has 0 bridgehead atoms. The Bertz CT molecular complexity index is 1370. The van der Waals surface area contributed by atoms with Crippen molar-refractivity contribution in [2.75, 3.05) is 0 Å². The first kappa shape index (κ1) is 21.6. The molecule has 0 radical (unpaired) electrons. The molecule has 5 aromatic rings. The summed E-state index contributed by atoms with van der Waals surface area (Å²) in [6, 6.07) is 39.4. The molecule has 1 amide bonds. The van der Waals surface area contributed by atoms with Crippen LogP contribution in [0.3, 0.4) is 0 Å². The number of nitrogens with zero attached hydrogens (tertiary/aromatic N) is 1. The monoisotopic (exact) mass is 442 g/mol. The molecule has 0 aliphatic carbocycles. The molecule has 0 aliphatic heterocycles. The Balaban J connectivity index is 1.60. The smallest absolute Gasteiger partial charge is 0.217 e. The van der Waals surface area contributed by atoms with Crippen molar-refractivity contribution < 1.29 is 4.79 Å². The molecule has 1 atom stereocenters. The molecule has 1 unspecified atom stereocenters. The maximum Gasteiger partial charge on any atom is 0.217 e. The Morgan fingerprint density at radius 2 is 1.29 bits per heavy atom. The molecule has 3 nitrogen and oxygen atoms in total. The zero-order valence-electron chi connectivity index (χ0n) is 19.1. The molecule has 166 valence electrons. The van der Waals surface area contributed by atoms with Gasteiger partial charge >= 0.3 is 0 Å². The van der Waals surface area contributed by atoms with Gasteiger partial charge in [0.1, 0.15) is 0 Å². The SMILES string of the molecule is CC(=O)NC(Cc1ccc2ccccc2n1)c1cc(-c2ccccc2)cc(-c2ccccc2)c1. The highest BCUT2D eigenvalue weighted by molar-refractivity contribution is 5.79. The fourth-order valence-corrected chi connectivity index (χ4v) is 4.38. The second-order valence-corrected chi connectivity index (χ2v) is 8.53. The Hall–Kier alpha value is -4.24. The van der Waals surface area contributed by atoms with Crippen molar-refractivity contribution in [2.45, 2.75) is 19.4 Å². The molecule has 1 N–H and O–H groups in total. The molecule has 3 heteroatoms. The van der Waals surface area contributed by atoms with Crippen LogP contribution >= 0.6 is 0 Å². The molecule has 0 fully saturated rings. The van der Waals surface area contributed by atoms with Gasteiger partial charge in [0.2, 0.25) is 5.91 Å². The number of fused-ring (bicyclic) bond motifs is 1. The third-order valence-electron chi connectivity index (χ3n) is 6.02. The predicted molar refractivity (Wildman–Crippen MR) is 139 cm³/mol. The summed E-state index contributed by atoms with van der Waals surface area (Å²) in [6.45, 7) is 1.57. The number of pyridine rings is 1. The first-order valence-corrected chi connectivity index (χ1v) is 11.5. The third-order valence-corrected chi connectivity index (χ3v) is 6.02. The van der Waals surface area contributed by atoms with Crippen LogP contribution in [0.2, 0.25) is 0 Å². The van der Waals surface area contributed by atoms with Crippen LogP contribution in [0.4, 0.5) is 0 Å². The first-order chi connectivity index (χ1) is 16.7. The van der Waals surface area contributed by atoms with E-state index in [1.54, 1.807) is 6.92 Å². The highest BCUT2D eigenvalue weighted by Gasteiger charge is 2.17. The average Bonchev–Trinajstić information content (AvgIpc) is 2.89. The summed E-state index contributed by atoms with van der Waals surface area (Å²) in [5, 5.41) is 4.28. The summed E-state index contributed by atoms with van der Waals surface area (Å²) < 4.78 is 0. The van der Waals surface area contributed by atoms with Gasteiger partial charge in [0, 0.05) is 24.4 Å². The van der Waals surface area contributed by atoms with Crippen LogP contribution in [0.5, 0.6) is 0 Å². The van der Waals surface area contributed by atoms with E-state index in [0.717, 1.165) is 44.4 Å². The molecule has 0 saturated heterocycles. The van der Waals surface area contributed by atoms with Gasteiger partial charge in [-0.05, 0) is 58.1 Å². The van der Waals surface area contributed by atoms with Crippen molar-refractivity contribution in [1.29, 1.82) is 0 Å². The molecule has 5 rings (SSSR count). The van der Waals surface area contributed by atoms with Crippen LogP contribution in [0.15, 0.2) is 115 Å². The van der Waals surface area contributed by atoms with E-state index in [2.05, 4.69) is 90.2 Å². The van der Waals surface area contributed by atoms with Crippen LogP contribution in [-0.2, 0) is 11.2 Å². The summed E-state index contributed by atoms with van der Waals surface area (Å²) in [6.07, 6.45) is 0.608. The Morgan fingerprint density at radius 3 is 1.91 bits per heavy atom. The zero-order valence-corrected chi connectivity index (χ0v) is 19.1. The average molecular weight is 443 g/mol. The van der Waals surface area contributed by atoms with E-state index in [4.69, 9.17) is 4.98 Å². The highest BCUT2D eigenvalue weighted by Crippen LogP contribution is 2.32. The molecule has 34 heavy (non-hydrogen) atoms. The van der Waals surface area contributed by atoms with Crippen LogP contribution in [0.25, 0.3) is 33.2 Å². The zero-order chi connectivity index (χ0) is 23.3. The number of para-hydroxylation sites is 1. The van der Waals surface area contributed by atoms with Crippen LogP contribution in [-0.4, -0.2) is 10.9 Å². The third kappa shape index (κ3) is 4.89. The largest absolute Gasteiger partial charge is 0.349 e. The Labute approximate surface area is 200 Å². The molecule has 0 spiro atoms. The molecule has 0 aliphatic rings. The number of hydrogen-bond acceptors (Lipinski definition) is 2. The van der Waals surface area contributed by atoms with Gasteiger partial charge in [-0.1, -0.05) is 84.9 Å². The van der Waals surface area contributed by atoms with E-state index in [-0.39, 0.29) is 11.9 Å². The standard InChI is InChI=1S/C31H26N2O/c1-22(34)32-31(21-29-17-16-25-14-8-9-15-30(25)33-29)28-19-26(23-10-4-2-5-11-23)18-27(20-28)24-12-6-3-7-13-24/h2-20,31H,21H2,1H3,(H,32,34). The van der Waals surface area contributed by atoms with Crippen molar-refractivity contribution in [3.8, 4) is 22.3 Å². The fourth-order valence-electron chi connectivity index (χ4n) is 4.38. The number of carbonyl (C=O) groups excluding carboxylic acids is 1. The molecular weight excluding hydrogens is 416 g/mol. The summed E-state index contributed by atoms with van der Waals surface area (Å²) in [4.78, 5) is 17.1. The van der Waals surface area contributed by atoms with Gasteiger partial charge in [0.05, 0.1) is 11.6 Å². The minimum atomic E-state index is -0.197. The molecule has 4 aromatic carbocycles. The highest BCUT2D eigenvalue weighted by atomic mass is 16.1. The maximum atomic E-state index is 12.2. The lowest BCUT2D eigenvalue weighted by atomic mass is 9.92. The second-order valence-electron chi connectivity index (χ2n) is 8.53. The number of aromatic nitrogens is 1. The number of amides is 1. The van der Waals surface area contributed by atoms with Gasteiger partial charge in [-0.15, -0.1) is 0 Å². The van der Waals surface area contributed by atoms with E-state index < -0.39 is 0 Å². The predicted octanol–water partition coefficient (Wildman–Crippen LogP) is 6.99. The van der Waals surface area contributed by atoms with Crippen LogP contribution in [0.1, 0.15) is 24.2 Å². The first-order valence-electron chi connectivity index (χ1n) is 11.5. The van der Waals surface area contributed by atoms with Gasteiger partial charge in [0.15, 0.2) is 0 Å². The van der Waals surface area contributed by atoms with Crippen molar-refractivity contribution in [1.82, 2.24) is 10.3 Å². The van der Waals surface area contributed by atoms with Gasteiger partial charge in [-0.3, -0.25) is 9.78 Å². The van der Waals surface area contributed by atoms with Crippen molar-refractivity contribution in [3.63, 3.8) is 0 Å². The number of benzene rings is 4. The summed E-state index contributed by atoms with van der Waals surface area (Å²) in [5.74, 6) is -0.0582. The lowest BCUT2D eigenvalue weighted by Crippen LogP contribution is -2.28. The minimum Gasteiger partial charge on any atom is -0.349 e. The van der Waals surface area contributed by atoms with Gasteiger partial charge in [0.25, 0.3) is 0 Å². The summed E-state index contributed by atoms with van der Waals surface area (Å²) in [5.41, 5.74) is 7.51. The van der Waals surface area contributed by atoms with Crippen LogP contribution in [0, 0.1) is 0 Å². The molecule has 1 aromatic heterocycles. The van der Waals surface area contributed by atoms with Crippen molar-refractivity contribution >= 4 is 16.8 Å². The minimum absolute atomic E-state index is 0.0582. The number of rotatable bonds is 6. The normalized spacial score (nSPS) is 11.8. The molecule has 1 heterocycles. The Morgan fingerprint density at radius 1 is 0.706 bits per heavy atom. The quantitative estimate of drug-likeness (QED) is 0.308. The molecular formula is C31H26N2O. The van der Waals surface area contributed by atoms with E-state index in [0.29, 0.717) is 6.42 Å². The summed E-state index contributed by atoms with van der Waals surface area (Å²) >= 11 is 0. The molecule has 0 saturated carbocycles. The van der Waals surface area contributed by atoms with Crippen molar-refractivity contribution in [3.05, 3.63) is 127 Å². The number of carbonyl (C=O) groups is 1. The maximum absolute atomic E-state index is 12.2. The number of nitrogens with one attached hydrogen (secondary N) is 1. The van der Waals surface area contributed by atoms with Gasteiger partial charge in [-0.2, -0.15) is 0 Å². The number of hydrogen-bond donors (Lipinski definition) is 1. The van der Waals surface area contributed by atoms with Crippen LogP contribution < -0.4 is 5.32 Å². The fraction of sp³-hybridized carbons (Fsp3) is 0.0968. The van der Waals surface area contributed by atoms with E-state index in [1.807, 2.05) is 30.3 Å². The van der Waals surface area contributed by atoms with E-state index in [9.17, 15) is 4.79 Å². The topological polar surface area (TPSA) is 42.0 Å².